The van der Waals surface area contributed by atoms with Gasteiger partial charge in [0.25, 0.3) is 0 Å². The van der Waals surface area contributed by atoms with Crippen molar-refractivity contribution in [2.45, 2.75) is 18.8 Å². The van der Waals surface area contributed by atoms with E-state index in [0.717, 1.165) is 35.3 Å². The highest BCUT2D eigenvalue weighted by Crippen LogP contribution is 2.27. The Labute approximate surface area is 189 Å². The van der Waals surface area contributed by atoms with E-state index in [1.165, 1.54) is 22.0 Å². The van der Waals surface area contributed by atoms with Crippen LogP contribution in [0.5, 0.6) is 0 Å². The Kier molecular flexibility index (Phi) is 5.55. The van der Waals surface area contributed by atoms with E-state index in [-0.39, 0.29) is 0 Å². The second kappa shape index (κ2) is 8.80. The van der Waals surface area contributed by atoms with Crippen molar-refractivity contribution in [3.8, 4) is 0 Å². The third kappa shape index (κ3) is 4.33. The topological polar surface area (TPSA) is 29.0 Å². The maximum atomic E-state index is 4.95. The lowest BCUT2D eigenvalue weighted by Crippen LogP contribution is -2.11. The molecule has 0 aliphatic heterocycles. The Bertz CT molecular complexity index is 1270. The lowest BCUT2D eigenvalue weighted by molar-refractivity contribution is 0.660. The van der Waals surface area contributed by atoms with Crippen LogP contribution in [0.15, 0.2) is 97.1 Å². The van der Waals surface area contributed by atoms with E-state index in [4.69, 9.17) is 9.97 Å². The minimum atomic E-state index is 0.300. The van der Waals surface area contributed by atoms with Gasteiger partial charge in [0, 0.05) is 41.9 Å². The summed E-state index contributed by atoms with van der Waals surface area (Å²) in [4.78, 5) is 12.0. The lowest BCUT2D eigenvalue weighted by Gasteiger charge is -2.19. The van der Waals surface area contributed by atoms with Crippen LogP contribution in [0.2, 0.25) is 0 Å². The number of nitrogens with zero attached hydrogens (tertiary/aromatic N) is 3. The molecule has 0 spiro atoms. The maximum absolute atomic E-state index is 4.95. The van der Waals surface area contributed by atoms with Crippen LogP contribution in [0.4, 0.5) is 5.69 Å². The van der Waals surface area contributed by atoms with Crippen LogP contribution in [0.3, 0.4) is 0 Å². The second-order valence-electron chi connectivity index (χ2n) is 8.58. The Morgan fingerprint density at radius 2 is 1.09 bits per heavy atom. The molecule has 5 rings (SSSR count). The van der Waals surface area contributed by atoms with Gasteiger partial charge in [-0.25, -0.2) is 0 Å². The SMILES string of the molecule is CN(C)c1ccc(C(Cc2ccc3ccccc3n2)Cc2ccc3ccccc3n2)cc1. The first kappa shape index (κ1) is 20.2. The molecule has 0 saturated heterocycles. The largest absolute Gasteiger partial charge is 0.378 e. The smallest absolute Gasteiger partial charge is 0.0705 e. The molecule has 0 unspecified atom stereocenters. The summed E-state index contributed by atoms with van der Waals surface area (Å²) in [6, 6.07) is 34.2. The first-order chi connectivity index (χ1) is 15.7. The summed E-state index contributed by atoms with van der Waals surface area (Å²) in [5, 5.41) is 2.36. The van der Waals surface area contributed by atoms with Crippen molar-refractivity contribution < 1.29 is 0 Å². The maximum Gasteiger partial charge on any atom is 0.0705 e. The number of anilines is 1. The van der Waals surface area contributed by atoms with E-state index in [1.54, 1.807) is 0 Å². The molecular formula is C29H27N3. The second-order valence-corrected chi connectivity index (χ2v) is 8.58. The first-order valence-corrected chi connectivity index (χ1v) is 11.1. The minimum Gasteiger partial charge on any atom is -0.378 e. The highest BCUT2D eigenvalue weighted by atomic mass is 15.1. The molecule has 0 fully saturated rings. The average molecular weight is 418 g/mol. The van der Waals surface area contributed by atoms with Crippen molar-refractivity contribution in [2.75, 3.05) is 19.0 Å². The molecule has 158 valence electrons. The highest BCUT2D eigenvalue weighted by Gasteiger charge is 2.16. The molecular weight excluding hydrogens is 390 g/mol. The Morgan fingerprint density at radius 1 is 0.594 bits per heavy atom. The number of benzene rings is 3. The molecule has 0 N–H and O–H groups in total. The van der Waals surface area contributed by atoms with Gasteiger partial charge in [-0.2, -0.15) is 0 Å². The average Bonchev–Trinajstić information content (AvgIpc) is 2.83. The zero-order valence-electron chi connectivity index (χ0n) is 18.6. The lowest BCUT2D eigenvalue weighted by atomic mass is 9.89. The van der Waals surface area contributed by atoms with Gasteiger partial charge >= 0.3 is 0 Å². The van der Waals surface area contributed by atoms with Crippen LogP contribution in [-0.2, 0) is 12.8 Å². The van der Waals surface area contributed by atoms with Gasteiger partial charge in [0.2, 0.25) is 0 Å². The van der Waals surface area contributed by atoms with Gasteiger partial charge in [-0.1, -0.05) is 60.7 Å². The molecule has 0 aliphatic carbocycles. The summed E-state index contributed by atoms with van der Waals surface area (Å²) >= 11 is 0. The van der Waals surface area contributed by atoms with Crippen LogP contribution in [0.25, 0.3) is 21.8 Å². The molecule has 32 heavy (non-hydrogen) atoms. The highest BCUT2D eigenvalue weighted by molar-refractivity contribution is 5.79. The van der Waals surface area contributed by atoms with Crippen molar-refractivity contribution >= 4 is 27.5 Å². The monoisotopic (exact) mass is 417 g/mol. The third-order valence-corrected chi connectivity index (χ3v) is 6.10. The number of hydrogen-bond donors (Lipinski definition) is 0. The van der Waals surface area contributed by atoms with Crippen LogP contribution in [0, 0.1) is 0 Å². The van der Waals surface area contributed by atoms with Crippen molar-refractivity contribution in [1.82, 2.24) is 9.97 Å². The molecule has 3 aromatic carbocycles. The molecule has 0 saturated carbocycles. The van der Waals surface area contributed by atoms with E-state index >= 15 is 0 Å². The summed E-state index contributed by atoms with van der Waals surface area (Å²) in [6.45, 7) is 0. The standard InChI is InChI=1S/C29H27N3/c1-32(2)27-17-13-21(14-18-27)24(19-25-15-11-22-7-3-5-9-28(22)30-25)20-26-16-12-23-8-4-6-10-29(23)31-26/h3-18,24H,19-20H2,1-2H3. The zero-order valence-corrected chi connectivity index (χ0v) is 18.6. The molecule has 2 heterocycles. The van der Waals surface area contributed by atoms with Gasteiger partial charge in [0.1, 0.15) is 0 Å². The molecule has 0 radical (unpaired) electrons. The van der Waals surface area contributed by atoms with Gasteiger partial charge in [0.15, 0.2) is 0 Å². The van der Waals surface area contributed by atoms with Crippen LogP contribution < -0.4 is 4.90 Å². The van der Waals surface area contributed by atoms with E-state index < -0.39 is 0 Å². The summed E-state index contributed by atoms with van der Waals surface area (Å²) in [5.41, 5.74) is 6.86. The summed E-state index contributed by atoms with van der Waals surface area (Å²) in [7, 11) is 4.15. The molecule has 3 heteroatoms. The normalized spacial score (nSPS) is 11.3. The van der Waals surface area contributed by atoms with Crippen LogP contribution >= 0.6 is 0 Å². The summed E-state index contributed by atoms with van der Waals surface area (Å²) < 4.78 is 0. The van der Waals surface area contributed by atoms with Gasteiger partial charge in [0.05, 0.1) is 11.0 Å². The van der Waals surface area contributed by atoms with Crippen molar-refractivity contribution in [3.05, 3.63) is 114 Å². The quantitative estimate of drug-likeness (QED) is 0.319. The Balaban J connectivity index is 1.49. The fourth-order valence-electron chi connectivity index (χ4n) is 4.30. The predicted octanol–water partition coefficient (Wildman–Crippen LogP) is 6.42. The van der Waals surface area contributed by atoms with E-state index in [0.29, 0.717) is 5.92 Å². The predicted molar refractivity (Wildman–Crippen MR) is 134 cm³/mol. The van der Waals surface area contributed by atoms with Gasteiger partial charge in [-0.05, 0) is 60.7 Å². The van der Waals surface area contributed by atoms with Crippen LogP contribution in [-0.4, -0.2) is 24.1 Å². The van der Waals surface area contributed by atoms with Crippen LogP contribution in [0.1, 0.15) is 22.9 Å². The zero-order chi connectivity index (χ0) is 21.9. The van der Waals surface area contributed by atoms with Crippen molar-refractivity contribution in [1.29, 1.82) is 0 Å². The minimum absolute atomic E-state index is 0.300. The number of para-hydroxylation sites is 2. The molecule has 3 nitrogen and oxygen atoms in total. The Morgan fingerprint density at radius 3 is 1.59 bits per heavy atom. The summed E-state index contributed by atoms with van der Waals surface area (Å²) in [6.07, 6.45) is 1.75. The molecule has 0 bridgehead atoms. The molecule has 0 amide bonds. The van der Waals surface area contributed by atoms with Crippen molar-refractivity contribution in [2.24, 2.45) is 0 Å². The van der Waals surface area contributed by atoms with Gasteiger partial charge in [-0.15, -0.1) is 0 Å². The van der Waals surface area contributed by atoms with Gasteiger partial charge in [-0.3, -0.25) is 9.97 Å². The molecule has 0 aliphatic rings. The first-order valence-electron chi connectivity index (χ1n) is 11.1. The third-order valence-electron chi connectivity index (χ3n) is 6.10. The number of hydrogen-bond acceptors (Lipinski definition) is 3. The van der Waals surface area contributed by atoms with E-state index in [9.17, 15) is 0 Å². The number of pyridine rings is 2. The number of rotatable bonds is 6. The van der Waals surface area contributed by atoms with Crippen molar-refractivity contribution in [3.63, 3.8) is 0 Å². The fourth-order valence-corrected chi connectivity index (χ4v) is 4.30. The molecule has 5 aromatic rings. The number of fused-ring (bicyclic) bond motifs is 2. The van der Waals surface area contributed by atoms with E-state index in [1.807, 2.05) is 0 Å². The Hall–Kier alpha value is -3.72. The molecule has 2 aromatic heterocycles. The number of aromatic nitrogens is 2. The summed E-state index contributed by atoms with van der Waals surface area (Å²) in [5.74, 6) is 0.300. The molecule has 0 atom stereocenters. The van der Waals surface area contributed by atoms with E-state index in [2.05, 4.69) is 116 Å². The van der Waals surface area contributed by atoms with Gasteiger partial charge < -0.3 is 4.90 Å². The fraction of sp³-hybridized carbons (Fsp3) is 0.172.